The van der Waals surface area contributed by atoms with Gasteiger partial charge in [-0.3, -0.25) is 0 Å². The molecule has 3 rings (SSSR count). The summed E-state index contributed by atoms with van der Waals surface area (Å²) >= 11 is 0. The molecular formula is C20H20N2O2S. The Morgan fingerprint density at radius 2 is 1.72 bits per heavy atom. The first-order valence-electron chi connectivity index (χ1n) is 7.93. The van der Waals surface area contributed by atoms with E-state index >= 15 is 0 Å². The highest BCUT2D eigenvalue weighted by Crippen LogP contribution is 2.26. The second-order valence-electron chi connectivity index (χ2n) is 6.13. The van der Waals surface area contributed by atoms with E-state index in [1.807, 2.05) is 39.0 Å². The summed E-state index contributed by atoms with van der Waals surface area (Å²) < 4.78 is 26.6. The zero-order chi connectivity index (χ0) is 18.2. The Kier molecular flexibility index (Phi) is 4.35. The summed E-state index contributed by atoms with van der Waals surface area (Å²) in [6, 6.07) is 12.7. The summed E-state index contributed by atoms with van der Waals surface area (Å²) in [7, 11) is -3.66. The highest BCUT2D eigenvalue weighted by atomic mass is 32.2. The monoisotopic (exact) mass is 352 g/mol. The molecule has 0 fully saturated rings. The highest BCUT2D eigenvalue weighted by Gasteiger charge is 2.18. The first-order valence-corrected chi connectivity index (χ1v) is 9.37. The average molecular weight is 352 g/mol. The van der Waals surface area contributed by atoms with Crippen molar-refractivity contribution >= 4 is 15.6 Å². The van der Waals surface area contributed by atoms with Crippen molar-refractivity contribution in [2.24, 2.45) is 0 Å². The molecule has 0 aliphatic carbocycles. The van der Waals surface area contributed by atoms with E-state index in [-0.39, 0.29) is 4.90 Å². The van der Waals surface area contributed by atoms with Gasteiger partial charge in [-0.2, -0.15) is 0 Å². The fourth-order valence-electron chi connectivity index (χ4n) is 2.64. The van der Waals surface area contributed by atoms with Crippen LogP contribution in [0.2, 0.25) is 0 Å². The molecule has 0 saturated carbocycles. The van der Waals surface area contributed by atoms with Gasteiger partial charge in [0.25, 0.3) is 10.0 Å². The van der Waals surface area contributed by atoms with E-state index in [0.29, 0.717) is 11.3 Å². The van der Waals surface area contributed by atoms with E-state index in [0.717, 1.165) is 26.2 Å². The summed E-state index contributed by atoms with van der Waals surface area (Å²) in [5, 5.41) is 0. The molecule has 1 aromatic heterocycles. The van der Waals surface area contributed by atoms with E-state index in [4.69, 9.17) is 0 Å². The predicted molar refractivity (Wildman–Crippen MR) is 100 cm³/mol. The van der Waals surface area contributed by atoms with Gasteiger partial charge in [-0.05, 0) is 49.6 Å². The number of imidazole rings is 1. The predicted octanol–water partition coefficient (Wildman–Crippen LogP) is 4.11. The zero-order valence-corrected chi connectivity index (χ0v) is 15.3. The van der Waals surface area contributed by atoms with Gasteiger partial charge in [0.15, 0.2) is 0 Å². The lowest BCUT2D eigenvalue weighted by Crippen LogP contribution is -2.10. The number of benzene rings is 2. The number of aryl methyl sites for hydroxylation is 2. The van der Waals surface area contributed by atoms with Crippen LogP contribution in [0.4, 0.5) is 0 Å². The molecule has 0 atom stereocenters. The molecule has 0 radical (unpaired) electrons. The average Bonchev–Trinajstić information content (AvgIpc) is 3.08. The smallest absolute Gasteiger partial charge is 0.236 e. The molecule has 3 aromatic rings. The molecule has 0 bridgehead atoms. The van der Waals surface area contributed by atoms with E-state index in [1.165, 1.54) is 12.5 Å². The van der Waals surface area contributed by atoms with Crippen LogP contribution in [0, 0.1) is 20.8 Å². The minimum atomic E-state index is -3.66. The van der Waals surface area contributed by atoms with Gasteiger partial charge in [-0.25, -0.2) is 17.4 Å². The zero-order valence-electron chi connectivity index (χ0n) is 14.5. The maximum atomic E-state index is 12.7. The molecular weight excluding hydrogens is 332 g/mol. The van der Waals surface area contributed by atoms with Crippen LogP contribution in [-0.2, 0) is 10.0 Å². The van der Waals surface area contributed by atoms with Crippen LogP contribution >= 0.6 is 0 Å². The summed E-state index contributed by atoms with van der Waals surface area (Å²) in [4.78, 5) is 4.49. The van der Waals surface area contributed by atoms with Gasteiger partial charge in [-0.15, -0.1) is 0 Å². The molecule has 0 spiro atoms. The van der Waals surface area contributed by atoms with Gasteiger partial charge >= 0.3 is 0 Å². The van der Waals surface area contributed by atoms with E-state index < -0.39 is 10.0 Å². The van der Waals surface area contributed by atoms with Crippen LogP contribution in [0.5, 0.6) is 0 Å². The van der Waals surface area contributed by atoms with Gasteiger partial charge in [0.1, 0.15) is 6.33 Å². The number of hydrogen-bond donors (Lipinski definition) is 0. The van der Waals surface area contributed by atoms with Gasteiger partial charge in [0, 0.05) is 11.8 Å². The molecule has 0 amide bonds. The van der Waals surface area contributed by atoms with Crippen LogP contribution in [0.15, 0.2) is 66.5 Å². The van der Waals surface area contributed by atoms with Crippen molar-refractivity contribution in [2.45, 2.75) is 25.7 Å². The second-order valence-corrected chi connectivity index (χ2v) is 7.98. The number of hydrogen-bond acceptors (Lipinski definition) is 3. The largest absolute Gasteiger partial charge is 0.268 e. The fourth-order valence-corrected chi connectivity index (χ4v) is 3.77. The SMILES string of the molecule is C=C(c1cn(S(=O)(=O)c2ccc(C)cc2)cn1)c1cccc(C)c1C. The molecule has 128 valence electrons. The number of aromatic nitrogens is 2. The lowest BCUT2D eigenvalue weighted by molar-refractivity contribution is 0.587. The summed E-state index contributed by atoms with van der Waals surface area (Å²) in [5.41, 5.74) is 5.50. The third-order valence-electron chi connectivity index (χ3n) is 4.40. The van der Waals surface area contributed by atoms with E-state index in [2.05, 4.69) is 11.6 Å². The summed E-state index contributed by atoms with van der Waals surface area (Å²) in [5.74, 6) is 0. The minimum Gasteiger partial charge on any atom is -0.236 e. The normalized spacial score (nSPS) is 11.5. The molecule has 1 heterocycles. The Labute approximate surface area is 148 Å². The topological polar surface area (TPSA) is 52.0 Å². The van der Waals surface area contributed by atoms with Gasteiger partial charge in [0.2, 0.25) is 0 Å². The molecule has 2 aromatic carbocycles. The quantitative estimate of drug-likeness (QED) is 0.710. The first-order chi connectivity index (χ1) is 11.8. The van der Waals surface area contributed by atoms with Gasteiger partial charge < -0.3 is 0 Å². The van der Waals surface area contributed by atoms with Crippen molar-refractivity contribution in [3.05, 3.63) is 89.5 Å². The first kappa shape index (κ1) is 17.2. The highest BCUT2D eigenvalue weighted by molar-refractivity contribution is 7.90. The van der Waals surface area contributed by atoms with Gasteiger partial charge in [-0.1, -0.05) is 42.5 Å². The number of nitrogens with zero attached hydrogens (tertiary/aromatic N) is 2. The Bertz CT molecular complexity index is 1050. The Morgan fingerprint density at radius 1 is 1.04 bits per heavy atom. The van der Waals surface area contributed by atoms with Crippen molar-refractivity contribution in [3.8, 4) is 0 Å². The Balaban J connectivity index is 1.98. The van der Waals surface area contributed by atoms with E-state index in [9.17, 15) is 8.42 Å². The van der Waals surface area contributed by atoms with Crippen LogP contribution in [-0.4, -0.2) is 17.4 Å². The summed E-state index contributed by atoms with van der Waals surface area (Å²) in [6.45, 7) is 10.1. The van der Waals surface area contributed by atoms with Gasteiger partial charge in [0.05, 0.1) is 10.6 Å². The Hall–Kier alpha value is -2.66. The lowest BCUT2D eigenvalue weighted by Gasteiger charge is -2.09. The molecule has 0 unspecified atom stereocenters. The van der Waals surface area contributed by atoms with Crippen molar-refractivity contribution < 1.29 is 8.42 Å². The third kappa shape index (κ3) is 3.15. The Morgan fingerprint density at radius 3 is 2.40 bits per heavy atom. The van der Waals surface area contributed by atoms with Crippen LogP contribution in [0.25, 0.3) is 5.57 Å². The fraction of sp³-hybridized carbons (Fsp3) is 0.150. The standard InChI is InChI=1S/C20H20N2O2S/c1-14-8-10-18(11-9-14)25(23,24)22-12-20(21-13-22)17(4)19-7-5-6-15(2)16(19)3/h5-13H,4H2,1-3H3. The maximum Gasteiger partial charge on any atom is 0.268 e. The summed E-state index contributed by atoms with van der Waals surface area (Å²) in [6.07, 6.45) is 2.83. The van der Waals surface area contributed by atoms with Crippen molar-refractivity contribution in [1.82, 2.24) is 8.96 Å². The second kappa shape index (κ2) is 6.33. The molecule has 0 aliphatic heterocycles. The minimum absolute atomic E-state index is 0.236. The number of rotatable bonds is 4. The molecule has 5 heteroatoms. The van der Waals surface area contributed by atoms with Crippen molar-refractivity contribution in [3.63, 3.8) is 0 Å². The van der Waals surface area contributed by atoms with Crippen LogP contribution in [0.3, 0.4) is 0 Å². The third-order valence-corrected chi connectivity index (χ3v) is 6.02. The van der Waals surface area contributed by atoms with Crippen LogP contribution in [0.1, 0.15) is 27.9 Å². The molecule has 0 saturated heterocycles. The van der Waals surface area contributed by atoms with Crippen molar-refractivity contribution in [1.29, 1.82) is 0 Å². The lowest BCUT2D eigenvalue weighted by atomic mass is 9.96. The van der Waals surface area contributed by atoms with Crippen LogP contribution < -0.4 is 0 Å². The maximum absolute atomic E-state index is 12.7. The molecule has 25 heavy (non-hydrogen) atoms. The van der Waals surface area contributed by atoms with Crippen molar-refractivity contribution in [2.75, 3.05) is 0 Å². The molecule has 0 aliphatic rings. The molecule has 4 nitrogen and oxygen atoms in total. The van der Waals surface area contributed by atoms with E-state index in [1.54, 1.807) is 24.3 Å². The molecule has 0 N–H and O–H groups in total.